The Bertz CT molecular complexity index is 839. The SMILES string of the molecule is COCCOP(C(=O)c1c(C(F)(F)F)cccc1C(F)(F)F)c1ccc(OC)cc1.[Li]. The summed E-state index contributed by atoms with van der Waals surface area (Å²) in [6.45, 7) is -0.204. The maximum atomic E-state index is 13.5. The van der Waals surface area contributed by atoms with Gasteiger partial charge in [0.2, 0.25) is 5.52 Å². The summed E-state index contributed by atoms with van der Waals surface area (Å²) in [4.78, 5) is 13.1. The Morgan fingerprint density at radius 3 is 1.81 bits per heavy atom. The Balaban J connectivity index is 0.00000480. The second-order valence-electron chi connectivity index (χ2n) is 5.85. The maximum absolute atomic E-state index is 13.5. The van der Waals surface area contributed by atoms with E-state index in [2.05, 4.69) is 0 Å². The smallest absolute Gasteiger partial charge is 0.417 e. The first-order valence-corrected chi connectivity index (χ1v) is 9.64. The van der Waals surface area contributed by atoms with Gasteiger partial charge in [0.05, 0.1) is 31.5 Å². The van der Waals surface area contributed by atoms with E-state index in [9.17, 15) is 31.1 Å². The quantitative estimate of drug-likeness (QED) is 0.244. The molecule has 165 valence electrons. The summed E-state index contributed by atoms with van der Waals surface area (Å²) in [5, 5.41) is 0.136. The van der Waals surface area contributed by atoms with Crippen LogP contribution in [0.1, 0.15) is 21.5 Å². The van der Waals surface area contributed by atoms with Gasteiger partial charge in [-0.2, -0.15) is 26.3 Å². The van der Waals surface area contributed by atoms with E-state index in [1.807, 2.05) is 0 Å². The van der Waals surface area contributed by atoms with E-state index in [-0.39, 0.29) is 37.4 Å². The van der Waals surface area contributed by atoms with Gasteiger partial charge in [-0.25, -0.2) is 0 Å². The largest absolute Gasteiger partial charge is 0.497 e. The van der Waals surface area contributed by atoms with Crippen LogP contribution in [-0.4, -0.2) is 51.8 Å². The zero-order valence-corrected chi connectivity index (χ0v) is 17.7. The monoisotopic (exact) mass is 461 g/mol. The molecule has 0 aromatic heterocycles. The van der Waals surface area contributed by atoms with Crippen molar-refractivity contribution in [1.82, 2.24) is 0 Å². The van der Waals surface area contributed by atoms with Gasteiger partial charge in [-0.3, -0.25) is 4.79 Å². The minimum absolute atomic E-state index is 0. The third-order valence-corrected chi connectivity index (χ3v) is 5.69. The van der Waals surface area contributed by atoms with Crippen LogP contribution in [0.15, 0.2) is 42.5 Å². The molecule has 0 saturated heterocycles. The topological polar surface area (TPSA) is 44.8 Å². The van der Waals surface area contributed by atoms with Gasteiger partial charge in [0.15, 0.2) is 0 Å². The molecule has 2 aromatic rings. The molecule has 0 bridgehead atoms. The molecule has 1 unspecified atom stereocenters. The van der Waals surface area contributed by atoms with E-state index in [0.29, 0.717) is 23.9 Å². The Labute approximate surface area is 187 Å². The Morgan fingerprint density at radius 1 is 0.871 bits per heavy atom. The number of carbonyl (C=O) groups is 1. The summed E-state index contributed by atoms with van der Waals surface area (Å²) in [5.74, 6) is 0.393. The van der Waals surface area contributed by atoms with E-state index in [0.717, 1.165) is 0 Å². The predicted molar refractivity (Wildman–Crippen MR) is 104 cm³/mol. The second kappa shape index (κ2) is 11.3. The Kier molecular flexibility index (Phi) is 10.1. The molecule has 2 aromatic carbocycles. The molecule has 0 N–H and O–H groups in total. The molecule has 0 spiro atoms. The van der Waals surface area contributed by atoms with E-state index in [1.165, 1.54) is 38.5 Å². The van der Waals surface area contributed by atoms with Crippen LogP contribution in [0.4, 0.5) is 26.3 Å². The molecular weight excluding hydrogens is 444 g/mol. The van der Waals surface area contributed by atoms with E-state index >= 15 is 0 Å². The molecule has 0 amide bonds. The number of rotatable bonds is 8. The summed E-state index contributed by atoms with van der Waals surface area (Å²) < 4.78 is 95.9. The molecule has 0 aliphatic heterocycles. The maximum Gasteiger partial charge on any atom is 0.417 e. The van der Waals surface area contributed by atoms with Crippen molar-refractivity contribution in [2.75, 3.05) is 27.4 Å². The van der Waals surface area contributed by atoms with E-state index < -0.39 is 42.7 Å². The number of alkyl halides is 6. The minimum atomic E-state index is -5.17. The number of carbonyl (C=O) groups excluding carboxylic acids is 1. The van der Waals surface area contributed by atoms with Crippen molar-refractivity contribution < 1.29 is 45.1 Å². The van der Waals surface area contributed by atoms with Crippen LogP contribution >= 0.6 is 8.15 Å². The molecule has 1 atom stereocenters. The number of ether oxygens (including phenoxy) is 2. The summed E-state index contributed by atoms with van der Waals surface area (Å²) in [7, 11) is 0.194. The van der Waals surface area contributed by atoms with Crippen molar-refractivity contribution in [3.8, 4) is 5.75 Å². The van der Waals surface area contributed by atoms with Gasteiger partial charge in [0.25, 0.3) is 0 Å². The normalized spacial score (nSPS) is 12.8. The summed E-state index contributed by atoms with van der Waals surface area (Å²) in [6, 6.07) is 7.08. The van der Waals surface area contributed by atoms with E-state index in [4.69, 9.17) is 14.0 Å². The Morgan fingerprint density at radius 2 is 1.39 bits per heavy atom. The van der Waals surface area contributed by atoms with Gasteiger partial charge in [-0.15, -0.1) is 0 Å². The van der Waals surface area contributed by atoms with Gasteiger partial charge in [-0.1, -0.05) is 6.07 Å². The fourth-order valence-electron chi connectivity index (χ4n) is 2.54. The Hall–Kier alpha value is -1.56. The number of halogens is 6. The van der Waals surface area contributed by atoms with Crippen molar-refractivity contribution in [3.63, 3.8) is 0 Å². The molecule has 4 nitrogen and oxygen atoms in total. The standard InChI is InChI=1S/C19H17F6O4P.Li/c1-27-10-11-29-30(13-8-6-12(28-2)7-9-13)17(26)16-14(18(20,21)22)4-3-5-15(16)19(23,24)25;/h3-9H,10-11H2,1-2H3;. The van der Waals surface area contributed by atoms with Crippen LogP contribution in [-0.2, 0) is 21.6 Å². The van der Waals surface area contributed by atoms with Crippen molar-refractivity contribution in [1.29, 1.82) is 0 Å². The van der Waals surface area contributed by atoms with Gasteiger partial charge < -0.3 is 14.0 Å². The molecule has 0 heterocycles. The molecule has 12 heteroatoms. The molecule has 1 radical (unpaired) electrons. The molecule has 0 aliphatic carbocycles. The fraction of sp³-hybridized carbons (Fsp3) is 0.316. The first kappa shape index (κ1) is 27.5. The second-order valence-corrected chi connectivity index (χ2v) is 7.62. The van der Waals surface area contributed by atoms with Crippen LogP contribution in [0.3, 0.4) is 0 Å². The minimum Gasteiger partial charge on any atom is -0.497 e. The molecule has 0 fully saturated rings. The van der Waals surface area contributed by atoms with Crippen molar-refractivity contribution >= 4 is 37.8 Å². The molecule has 0 aliphatic rings. The van der Waals surface area contributed by atoms with Gasteiger partial charge in [0.1, 0.15) is 13.9 Å². The average Bonchev–Trinajstić information content (AvgIpc) is 2.69. The zero-order valence-electron chi connectivity index (χ0n) is 16.8. The summed E-state index contributed by atoms with van der Waals surface area (Å²) in [5.41, 5.74) is -6.19. The van der Waals surface area contributed by atoms with Crippen LogP contribution in [0.25, 0.3) is 0 Å². The first-order chi connectivity index (χ1) is 14.0. The van der Waals surface area contributed by atoms with Crippen molar-refractivity contribution in [2.24, 2.45) is 0 Å². The number of methoxy groups -OCH3 is 2. The zero-order chi connectivity index (χ0) is 22.5. The third-order valence-electron chi connectivity index (χ3n) is 3.89. The van der Waals surface area contributed by atoms with E-state index in [1.54, 1.807) is 0 Å². The fourth-order valence-corrected chi connectivity index (χ4v) is 4.16. The number of hydrogen-bond donors (Lipinski definition) is 0. The summed E-state index contributed by atoms with van der Waals surface area (Å²) >= 11 is 0. The van der Waals surface area contributed by atoms with Crippen molar-refractivity contribution in [2.45, 2.75) is 12.4 Å². The number of hydrogen-bond acceptors (Lipinski definition) is 4. The van der Waals surface area contributed by atoms with Gasteiger partial charge in [0, 0.05) is 36.8 Å². The van der Waals surface area contributed by atoms with Crippen molar-refractivity contribution in [3.05, 3.63) is 59.2 Å². The predicted octanol–water partition coefficient (Wildman–Crippen LogP) is 4.88. The number of benzene rings is 2. The molecule has 31 heavy (non-hydrogen) atoms. The van der Waals surface area contributed by atoms with Crippen LogP contribution in [0, 0.1) is 0 Å². The molecular formula is C19H17F6LiO4P. The van der Waals surface area contributed by atoms with Gasteiger partial charge in [-0.05, 0) is 36.4 Å². The van der Waals surface area contributed by atoms with Crippen LogP contribution < -0.4 is 10.0 Å². The van der Waals surface area contributed by atoms with Crippen LogP contribution in [0.2, 0.25) is 0 Å². The first-order valence-electron chi connectivity index (χ1n) is 8.38. The average molecular weight is 461 g/mol. The molecule has 2 rings (SSSR count). The molecule has 0 saturated carbocycles. The van der Waals surface area contributed by atoms with Gasteiger partial charge >= 0.3 is 12.4 Å². The third kappa shape index (κ3) is 6.96. The van der Waals surface area contributed by atoms with Crippen LogP contribution in [0.5, 0.6) is 5.75 Å². The summed E-state index contributed by atoms with van der Waals surface area (Å²) in [6.07, 6.45) is -10.3.